The summed E-state index contributed by atoms with van der Waals surface area (Å²) in [7, 11) is 0. The summed E-state index contributed by atoms with van der Waals surface area (Å²) in [6.07, 6.45) is 4.88. The van der Waals surface area contributed by atoms with Gasteiger partial charge < -0.3 is 23.9 Å². The SMILES string of the molecule is N#C/C(=C\c1cn(CC(=O)N2CCOCC2)c2ccccc12)C(=O)NCc1ccco1. The molecule has 1 saturated heterocycles. The largest absolute Gasteiger partial charge is 0.467 e. The van der Waals surface area contributed by atoms with Crippen LogP contribution >= 0.6 is 0 Å². The number of rotatable bonds is 6. The average molecular weight is 418 g/mol. The van der Waals surface area contributed by atoms with E-state index in [0.717, 1.165) is 10.9 Å². The molecule has 0 unspecified atom stereocenters. The van der Waals surface area contributed by atoms with E-state index >= 15 is 0 Å². The number of para-hydroxylation sites is 1. The molecule has 2 aromatic heterocycles. The lowest BCUT2D eigenvalue weighted by molar-refractivity contribution is -0.135. The van der Waals surface area contributed by atoms with E-state index in [2.05, 4.69) is 5.32 Å². The highest BCUT2D eigenvalue weighted by Gasteiger charge is 2.19. The van der Waals surface area contributed by atoms with Crippen molar-refractivity contribution in [2.75, 3.05) is 26.3 Å². The Morgan fingerprint density at radius 3 is 2.71 bits per heavy atom. The van der Waals surface area contributed by atoms with Gasteiger partial charge in [-0.25, -0.2) is 0 Å². The third-order valence-corrected chi connectivity index (χ3v) is 5.16. The van der Waals surface area contributed by atoms with Crippen LogP contribution in [0.2, 0.25) is 0 Å². The first-order valence-corrected chi connectivity index (χ1v) is 10.0. The van der Waals surface area contributed by atoms with E-state index < -0.39 is 5.91 Å². The maximum atomic E-state index is 12.7. The van der Waals surface area contributed by atoms with Gasteiger partial charge in [0.1, 0.15) is 23.9 Å². The fraction of sp³-hybridized carbons (Fsp3) is 0.261. The molecule has 0 atom stereocenters. The maximum Gasteiger partial charge on any atom is 0.262 e. The van der Waals surface area contributed by atoms with E-state index in [4.69, 9.17) is 9.15 Å². The zero-order valence-electron chi connectivity index (χ0n) is 16.9. The molecule has 2 amide bonds. The Kier molecular flexibility index (Phi) is 6.15. The van der Waals surface area contributed by atoms with Gasteiger partial charge >= 0.3 is 0 Å². The second-order valence-electron chi connectivity index (χ2n) is 7.15. The van der Waals surface area contributed by atoms with Crippen molar-refractivity contribution < 1.29 is 18.7 Å². The van der Waals surface area contributed by atoms with Gasteiger partial charge in [0.2, 0.25) is 5.91 Å². The molecule has 3 aromatic rings. The molecule has 0 bridgehead atoms. The highest BCUT2D eigenvalue weighted by atomic mass is 16.5. The summed E-state index contributed by atoms with van der Waals surface area (Å²) in [6.45, 7) is 2.63. The minimum Gasteiger partial charge on any atom is -0.467 e. The number of hydrogen-bond donors (Lipinski definition) is 1. The number of nitriles is 1. The third kappa shape index (κ3) is 4.68. The Morgan fingerprint density at radius 1 is 1.16 bits per heavy atom. The molecule has 1 N–H and O–H groups in total. The molecule has 8 heteroatoms. The van der Waals surface area contributed by atoms with Crippen LogP contribution in [0.1, 0.15) is 11.3 Å². The molecule has 8 nitrogen and oxygen atoms in total. The standard InChI is InChI=1S/C23H22N4O4/c24-13-17(23(29)25-14-19-4-3-9-31-19)12-18-15-27(21-6-2-1-5-20(18)21)16-22(28)26-7-10-30-11-8-26/h1-6,9,12,15H,7-8,10-11,14,16H2,(H,25,29)/b17-12+. The molecule has 31 heavy (non-hydrogen) atoms. The lowest BCUT2D eigenvalue weighted by Crippen LogP contribution is -2.42. The number of carbonyl (C=O) groups excluding carboxylic acids is 2. The predicted octanol–water partition coefficient (Wildman–Crippen LogP) is 2.32. The first kappa shape index (κ1) is 20.4. The van der Waals surface area contributed by atoms with Crippen LogP contribution in [0.3, 0.4) is 0 Å². The molecule has 4 rings (SSSR count). The van der Waals surface area contributed by atoms with Gasteiger partial charge in [-0.1, -0.05) is 18.2 Å². The van der Waals surface area contributed by atoms with E-state index in [9.17, 15) is 14.9 Å². The Morgan fingerprint density at radius 2 is 1.97 bits per heavy atom. The number of nitrogens with one attached hydrogen (secondary N) is 1. The summed E-state index contributed by atoms with van der Waals surface area (Å²) >= 11 is 0. The number of nitrogens with zero attached hydrogens (tertiary/aromatic N) is 3. The monoisotopic (exact) mass is 418 g/mol. The minimum atomic E-state index is -0.486. The van der Waals surface area contributed by atoms with Crippen molar-refractivity contribution in [3.63, 3.8) is 0 Å². The second kappa shape index (κ2) is 9.32. The smallest absolute Gasteiger partial charge is 0.262 e. The van der Waals surface area contributed by atoms with Crippen LogP contribution in [0.5, 0.6) is 0 Å². The van der Waals surface area contributed by atoms with Crippen molar-refractivity contribution >= 4 is 28.8 Å². The van der Waals surface area contributed by atoms with Crippen LogP contribution in [-0.2, 0) is 27.4 Å². The van der Waals surface area contributed by atoms with Crippen LogP contribution in [0.25, 0.3) is 17.0 Å². The minimum absolute atomic E-state index is 0.0104. The van der Waals surface area contributed by atoms with E-state index in [1.807, 2.05) is 34.9 Å². The number of furan rings is 1. The first-order chi connectivity index (χ1) is 15.2. The van der Waals surface area contributed by atoms with Gasteiger partial charge in [-0.15, -0.1) is 0 Å². The van der Waals surface area contributed by atoms with Crippen molar-refractivity contribution in [2.45, 2.75) is 13.1 Å². The Bertz CT molecular complexity index is 1150. The molecule has 0 radical (unpaired) electrons. The summed E-state index contributed by atoms with van der Waals surface area (Å²) in [5, 5.41) is 13.1. The summed E-state index contributed by atoms with van der Waals surface area (Å²) in [6, 6.07) is 13.1. The number of ether oxygens (including phenoxy) is 1. The molecule has 0 spiro atoms. The van der Waals surface area contributed by atoms with Crippen LogP contribution in [0, 0.1) is 11.3 Å². The first-order valence-electron chi connectivity index (χ1n) is 10.0. The van der Waals surface area contributed by atoms with Gasteiger partial charge in [0, 0.05) is 35.8 Å². The van der Waals surface area contributed by atoms with E-state index in [0.29, 0.717) is 37.6 Å². The molecular formula is C23H22N4O4. The van der Waals surface area contributed by atoms with E-state index in [1.54, 1.807) is 29.3 Å². The van der Waals surface area contributed by atoms with Gasteiger partial charge in [-0.05, 0) is 24.3 Å². The van der Waals surface area contributed by atoms with Crippen LogP contribution in [0.15, 0.2) is 58.8 Å². The fourth-order valence-electron chi connectivity index (χ4n) is 3.56. The Hall–Kier alpha value is -3.83. The normalized spacial score (nSPS) is 14.4. The molecule has 1 fully saturated rings. The average Bonchev–Trinajstić information content (AvgIpc) is 3.45. The van der Waals surface area contributed by atoms with Gasteiger partial charge in [0.25, 0.3) is 5.91 Å². The number of aromatic nitrogens is 1. The van der Waals surface area contributed by atoms with E-state index in [-0.39, 0.29) is 24.6 Å². The van der Waals surface area contributed by atoms with Crippen molar-refractivity contribution in [1.29, 1.82) is 5.26 Å². The summed E-state index contributed by atoms with van der Waals surface area (Å²) in [5.74, 6) is 0.125. The zero-order valence-corrected chi connectivity index (χ0v) is 16.9. The molecule has 0 saturated carbocycles. The highest BCUT2D eigenvalue weighted by Crippen LogP contribution is 2.24. The van der Waals surface area contributed by atoms with Crippen molar-refractivity contribution in [2.24, 2.45) is 0 Å². The van der Waals surface area contributed by atoms with Gasteiger partial charge in [-0.3, -0.25) is 9.59 Å². The van der Waals surface area contributed by atoms with Crippen LogP contribution < -0.4 is 5.32 Å². The van der Waals surface area contributed by atoms with Crippen LogP contribution in [0.4, 0.5) is 0 Å². The molecule has 1 aliphatic rings. The number of benzene rings is 1. The topological polar surface area (TPSA) is 101 Å². The van der Waals surface area contributed by atoms with Gasteiger partial charge in [0.05, 0.1) is 26.0 Å². The number of carbonyl (C=O) groups is 2. The Balaban J connectivity index is 1.57. The molecule has 1 aliphatic heterocycles. The van der Waals surface area contributed by atoms with Gasteiger partial charge in [0.15, 0.2) is 0 Å². The van der Waals surface area contributed by atoms with Crippen LogP contribution in [-0.4, -0.2) is 47.6 Å². The lowest BCUT2D eigenvalue weighted by atomic mass is 10.1. The predicted molar refractivity (Wildman–Crippen MR) is 113 cm³/mol. The highest BCUT2D eigenvalue weighted by molar-refractivity contribution is 6.04. The van der Waals surface area contributed by atoms with Crippen molar-refractivity contribution in [3.8, 4) is 6.07 Å². The summed E-state index contributed by atoms with van der Waals surface area (Å²) < 4.78 is 12.4. The number of morpholine rings is 1. The van der Waals surface area contributed by atoms with Gasteiger partial charge in [-0.2, -0.15) is 5.26 Å². The van der Waals surface area contributed by atoms with Crippen molar-refractivity contribution in [1.82, 2.24) is 14.8 Å². The zero-order chi connectivity index (χ0) is 21.6. The third-order valence-electron chi connectivity index (χ3n) is 5.16. The molecule has 158 valence electrons. The fourth-order valence-corrected chi connectivity index (χ4v) is 3.56. The quantitative estimate of drug-likeness (QED) is 0.489. The number of amides is 2. The Labute approximate surface area is 179 Å². The molecule has 1 aromatic carbocycles. The second-order valence-corrected chi connectivity index (χ2v) is 7.15. The molecule has 3 heterocycles. The number of fused-ring (bicyclic) bond motifs is 1. The summed E-state index contributed by atoms with van der Waals surface area (Å²) in [5.41, 5.74) is 1.55. The lowest BCUT2D eigenvalue weighted by Gasteiger charge is -2.27. The van der Waals surface area contributed by atoms with Crippen molar-refractivity contribution in [3.05, 3.63) is 65.8 Å². The van der Waals surface area contributed by atoms with E-state index in [1.165, 1.54) is 6.26 Å². The maximum absolute atomic E-state index is 12.7. The number of hydrogen-bond acceptors (Lipinski definition) is 5. The summed E-state index contributed by atoms with van der Waals surface area (Å²) in [4.78, 5) is 27.0. The molecule has 0 aliphatic carbocycles. The molecular weight excluding hydrogens is 396 g/mol.